The molecule has 0 aromatic carbocycles. The Bertz CT molecular complexity index is 401. The summed E-state index contributed by atoms with van der Waals surface area (Å²) in [6, 6.07) is 3.23. The lowest BCUT2D eigenvalue weighted by Gasteiger charge is -2.08. The number of carboxylic acid groups (broad SMARTS) is 1. The largest absolute Gasteiger partial charge is 0.476 e. The fraction of sp³-hybridized carbons (Fsp3) is 0.722. The SMILES string of the molecule is CCCCCCCCCCCCCOn1cccc1C(=O)O. The maximum atomic E-state index is 10.9. The Kier molecular flexibility index (Phi) is 10.3. The van der Waals surface area contributed by atoms with Crippen LogP contribution in [0.25, 0.3) is 0 Å². The molecule has 0 radical (unpaired) electrons. The van der Waals surface area contributed by atoms with Crippen LogP contribution in [0.1, 0.15) is 88.0 Å². The van der Waals surface area contributed by atoms with Crippen molar-refractivity contribution in [3.05, 3.63) is 24.0 Å². The molecule has 4 nitrogen and oxygen atoms in total. The minimum atomic E-state index is -0.955. The highest BCUT2D eigenvalue weighted by molar-refractivity contribution is 5.85. The fourth-order valence-electron chi connectivity index (χ4n) is 2.57. The normalized spacial score (nSPS) is 10.8. The summed E-state index contributed by atoms with van der Waals surface area (Å²) >= 11 is 0. The van der Waals surface area contributed by atoms with Gasteiger partial charge in [0, 0.05) is 6.20 Å². The second-order valence-corrected chi connectivity index (χ2v) is 5.89. The van der Waals surface area contributed by atoms with E-state index in [1.54, 1.807) is 18.3 Å². The molecule has 0 saturated carbocycles. The van der Waals surface area contributed by atoms with Crippen molar-refractivity contribution in [1.29, 1.82) is 0 Å². The summed E-state index contributed by atoms with van der Waals surface area (Å²) in [5.74, 6) is -0.955. The van der Waals surface area contributed by atoms with E-state index >= 15 is 0 Å². The first-order valence-electron chi connectivity index (χ1n) is 8.79. The van der Waals surface area contributed by atoms with Gasteiger partial charge in [-0.15, -0.1) is 0 Å². The van der Waals surface area contributed by atoms with Crippen molar-refractivity contribution in [2.45, 2.75) is 77.6 Å². The smallest absolute Gasteiger partial charge is 0.355 e. The molecule has 0 spiro atoms. The molecule has 0 aliphatic rings. The van der Waals surface area contributed by atoms with Crippen molar-refractivity contribution in [2.24, 2.45) is 0 Å². The number of carbonyl (C=O) groups is 1. The van der Waals surface area contributed by atoms with Crippen LogP contribution in [0.2, 0.25) is 0 Å². The monoisotopic (exact) mass is 309 g/mol. The highest BCUT2D eigenvalue weighted by atomic mass is 16.7. The molecule has 0 fully saturated rings. The summed E-state index contributed by atoms with van der Waals surface area (Å²) in [4.78, 5) is 16.4. The van der Waals surface area contributed by atoms with Crippen molar-refractivity contribution >= 4 is 5.97 Å². The molecule has 1 rings (SSSR count). The van der Waals surface area contributed by atoms with Gasteiger partial charge in [-0.25, -0.2) is 4.79 Å². The summed E-state index contributed by atoms with van der Waals surface area (Å²) in [5.41, 5.74) is 0.183. The van der Waals surface area contributed by atoms with Gasteiger partial charge in [-0.2, -0.15) is 4.73 Å². The van der Waals surface area contributed by atoms with E-state index in [1.807, 2.05) is 0 Å². The Morgan fingerprint density at radius 1 is 1.00 bits per heavy atom. The maximum Gasteiger partial charge on any atom is 0.355 e. The minimum Gasteiger partial charge on any atom is -0.476 e. The fourth-order valence-corrected chi connectivity index (χ4v) is 2.57. The molecule has 1 N–H and O–H groups in total. The molecule has 0 saturated heterocycles. The van der Waals surface area contributed by atoms with E-state index < -0.39 is 5.97 Å². The zero-order valence-electron chi connectivity index (χ0n) is 13.9. The van der Waals surface area contributed by atoms with Crippen LogP contribution in [-0.2, 0) is 0 Å². The van der Waals surface area contributed by atoms with Crippen molar-refractivity contribution in [2.75, 3.05) is 6.61 Å². The molecule has 1 heterocycles. The second kappa shape index (κ2) is 12.1. The van der Waals surface area contributed by atoms with Crippen LogP contribution in [0.3, 0.4) is 0 Å². The predicted molar refractivity (Wildman–Crippen MR) is 89.3 cm³/mol. The van der Waals surface area contributed by atoms with Gasteiger partial charge < -0.3 is 9.94 Å². The summed E-state index contributed by atoms with van der Waals surface area (Å²) in [6.45, 7) is 2.83. The van der Waals surface area contributed by atoms with Crippen molar-refractivity contribution in [3.63, 3.8) is 0 Å². The summed E-state index contributed by atoms with van der Waals surface area (Å²) in [5, 5.41) is 8.94. The molecule has 0 atom stereocenters. The second-order valence-electron chi connectivity index (χ2n) is 5.89. The predicted octanol–water partition coefficient (Wildman–Crippen LogP) is 4.93. The lowest BCUT2D eigenvalue weighted by atomic mass is 10.1. The van der Waals surface area contributed by atoms with Crippen LogP contribution in [-0.4, -0.2) is 22.4 Å². The third-order valence-electron chi connectivity index (χ3n) is 3.91. The molecule has 126 valence electrons. The number of aromatic nitrogens is 1. The Morgan fingerprint density at radius 3 is 2.09 bits per heavy atom. The first-order chi connectivity index (χ1) is 10.8. The highest BCUT2D eigenvalue weighted by Gasteiger charge is 2.08. The van der Waals surface area contributed by atoms with Gasteiger partial charge >= 0.3 is 5.97 Å². The highest BCUT2D eigenvalue weighted by Crippen LogP contribution is 2.11. The molecular formula is C18H31NO3. The van der Waals surface area contributed by atoms with Gasteiger partial charge in [-0.05, 0) is 25.0 Å². The van der Waals surface area contributed by atoms with Crippen LogP contribution in [0, 0.1) is 0 Å². The Hall–Kier alpha value is -1.45. The zero-order valence-corrected chi connectivity index (χ0v) is 13.9. The topological polar surface area (TPSA) is 51.5 Å². The number of rotatable bonds is 14. The molecule has 0 amide bonds. The maximum absolute atomic E-state index is 10.9. The van der Waals surface area contributed by atoms with Crippen LogP contribution >= 0.6 is 0 Å². The van der Waals surface area contributed by atoms with E-state index in [-0.39, 0.29) is 5.69 Å². The average molecular weight is 309 g/mol. The number of carboxylic acids is 1. The molecule has 22 heavy (non-hydrogen) atoms. The first kappa shape index (κ1) is 18.6. The van der Waals surface area contributed by atoms with Gasteiger partial charge in [0.25, 0.3) is 0 Å². The van der Waals surface area contributed by atoms with E-state index in [9.17, 15) is 4.79 Å². The Labute approximate surface area is 134 Å². The van der Waals surface area contributed by atoms with E-state index in [0.29, 0.717) is 6.61 Å². The van der Waals surface area contributed by atoms with Crippen molar-refractivity contribution < 1.29 is 14.7 Å². The number of nitrogens with zero attached hydrogens (tertiary/aromatic N) is 1. The molecule has 1 aromatic heterocycles. The molecule has 0 bridgehead atoms. The molecule has 1 aromatic rings. The van der Waals surface area contributed by atoms with Gasteiger partial charge in [-0.1, -0.05) is 64.7 Å². The molecule has 0 unspecified atom stereocenters. The van der Waals surface area contributed by atoms with Gasteiger partial charge in [0.2, 0.25) is 0 Å². The van der Waals surface area contributed by atoms with Crippen LogP contribution in [0.15, 0.2) is 18.3 Å². The number of hydrogen-bond acceptors (Lipinski definition) is 2. The lowest BCUT2D eigenvalue weighted by molar-refractivity contribution is 0.0589. The molecule has 0 aliphatic heterocycles. The third kappa shape index (κ3) is 8.11. The third-order valence-corrected chi connectivity index (χ3v) is 3.91. The number of hydrogen-bond donors (Lipinski definition) is 1. The van der Waals surface area contributed by atoms with Crippen LogP contribution in [0.4, 0.5) is 0 Å². The Morgan fingerprint density at radius 2 is 1.55 bits per heavy atom. The van der Waals surface area contributed by atoms with E-state index in [2.05, 4.69) is 6.92 Å². The number of unbranched alkanes of at least 4 members (excludes halogenated alkanes) is 10. The standard InChI is InChI=1S/C18H31NO3/c1-2-3-4-5-6-7-8-9-10-11-12-16-22-19-15-13-14-17(19)18(20)21/h13-15H,2-12,16H2,1H3,(H,20,21). The van der Waals surface area contributed by atoms with Crippen LogP contribution in [0.5, 0.6) is 0 Å². The van der Waals surface area contributed by atoms with Crippen molar-refractivity contribution in [3.8, 4) is 0 Å². The summed E-state index contributed by atoms with van der Waals surface area (Å²) in [7, 11) is 0. The lowest BCUT2D eigenvalue weighted by Crippen LogP contribution is -2.17. The summed E-state index contributed by atoms with van der Waals surface area (Å²) < 4.78 is 1.35. The average Bonchev–Trinajstić information content (AvgIpc) is 2.97. The zero-order chi connectivity index (χ0) is 16.0. The van der Waals surface area contributed by atoms with E-state index in [4.69, 9.17) is 9.94 Å². The molecule has 0 aliphatic carbocycles. The van der Waals surface area contributed by atoms with Gasteiger partial charge in [0.15, 0.2) is 5.69 Å². The van der Waals surface area contributed by atoms with E-state index in [1.165, 1.54) is 62.5 Å². The summed E-state index contributed by atoms with van der Waals surface area (Å²) in [6.07, 6.45) is 15.9. The van der Waals surface area contributed by atoms with Gasteiger partial charge in [-0.3, -0.25) is 0 Å². The molecule has 4 heteroatoms. The van der Waals surface area contributed by atoms with Gasteiger partial charge in [0.05, 0.1) is 0 Å². The van der Waals surface area contributed by atoms with Crippen LogP contribution < -0.4 is 4.84 Å². The minimum absolute atomic E-state index is 0.183. The van der Waals surface area contributed by atoms with Crippen molar-refractivity contribution in [1.82, 2.24) is 4.73 Å². The molecular weight excluding hydrogens is 278 g/mol. The quantitative estimate of drug-likeness (QED) is 0.496. The Balaban J connectivity index is 1.89. The first-order valence-corrected chi connectivity index (χ1v) is 8.79. The number of aromatic carboxylic acids is 1. The van der Waals surface area contributed by atoms with E-state index in [0.717, 1.165) is 12.8 Å². The van der Waals surface area contributed by atoms with Gasteiger partial charge in [0.1, 0.15) is 6.61 Å².